The molecule has 1 aliphatic carbocycles. The quantitative estimate of drug-likeness (QED) is 0.567. The molecular formula is C14H27N3O3. The summed E-state index contributed by atoms with van der Waals surface area (Å²) in [6, 6.07) is 0.555. The van der Waals surface area contributed by atoms with Crippen LogP contribution in [0.3, 0.4) is 0 Å². The number of nitrogens with zero attached hydrogens (tertiary/aromatic N) is 1. The fraction of sp³-hybridized carbons (Fsp3) is 0.857. The molecule has 1 unspecified atom stereocenters. The molecule has 1 atom stereocenters. The number of urea groups is 1. The number of hydrogen-bond donors (Lipinski definition) is 3. The van der Waals surface area contributed by atoms with Gasteiger partial charge in [-0.1, -0.05) is 6.92 Å². The highest BCUT2D eigenvalue weighted by Crippen LogP contribution is 2.25. The fourth-order valence-electron chi connectivity index (χ4n) is 2.26. The molecule has 1 fully saturated rings. The first-order chi connectivity index (χ1) is 9.52. The highest BCUT2D eigenvalue weighted by atomic mass is 16.4. The van der Waals surface area contributed by atoms with Gasteiger partial charge in [0.05, 0.1) is 0 Å². The van der Waals surface area contributed by atoms with Crippen LogP contribution in [-0.2, 0) is 4.79 Å². The van der Waals surface area contributed by atoms with Crippen LogP contribution in [0.1, 0.15) is 46.0 Å². The van der Waals surface area contributed by atoms with Gasteiger partial charge in [0.2, 0.25) is 0 Å². The van der Waals surface area contributed by atoms with Gasteiger partial charge in [-0.3, -0.25) is 9.69 Å². The van der Waals surface area contributed by atoms with Gasteiger partial charge in [0, 0.05) is 31.6 Å². The first-order valence-corrected chi connectivity index (χ1v) is 7.53. The van der Waals surface area contributed by atoms with Crippen LogP contribution in [0.5, 0.6) is 0 Å². The second-order valence-corrected chi connectivity index (χ2v) is 5.45. The second-order valence-electron chi connectivity index (χ2n) is 5.45. The number of nitrogens with one attached hydrogen (secondary N) is 2. The van der Waals surface area contributed by atoms with E-state index in [-0.39, 0.29) is 18.5 Å². The van der Waals surface area contributed by atoms with Gasteiger partial charge in [-0.25, -0.2) is 4.79 Å². The van der Waals surface area contributed by atoms with Crippen LogP contribution in [0, 0.1) is 0 Å². The lowest BCUT2D eigenvalue weighted by Crippen LogP contribution is -2.44. The van der Waals surface area contributed by atoms with E-state index in [4.69, 9.17) is 5.11 Å². The Bertz CT molecular complexity index is 319. The van der Waals surface area contributed by atoms with Gasteiger partial charge in [0.15, 0.2) is 0 Å². The average Bonchev–Trinajstić information content (AvgIpc) is 3.18. The summed E-state index contributed by atoms with van der Waals surface area (Å²) in [7, 11) is 0. The van der Waals surface area contributed by atoms with Crippen molar-refractivity contribution in [3.63, 3.8) is 0 Å². The van der Waals surface area contributed by atoms with Crippen LogP contribution >= 0.6 is 0 Å². The van der Waals surface area contributed by atoms with Crippen molar-refractivity contribution in [2.45, 2.75) is 58.0 Å². The fourth-order valence-corrected chi connectivity index (χ4v) is 2.26. The molecule has 1 saturated carbocycles. The maximum Gasteiger partial charge on any atom is 0.315 e. The monoisotopic (exact) mass is 285 g/mol. The van der Waals surface area contributed by atoms with Gasteiger partial charge in [0.25, 0.3) is 0 Å². The number of rotatable bonds is 10. The zero-order valence-corrected chi connectivity index (χ0v) is 12.5. The number of likely N-dealkylation sites (N-methyl/N-ethyl adjacent to an activating group) is 1. The van der Waals surface area contributed by atoms with Gasteiger partial charge in [-0.2, -0.15) is 0 Å². The summed E-state index contributed by atoms with van der Waals surface area (Å²) < 4.78 is 0. The minimum Gasteiger partial charge on any atom is -0.481 e. The maximum absolute atomic E-state index is 11.6. The lowest BCUT2D eigenvalue weighted by atomic mass is 10.1. The van der Waals surface area contributed by atoms with Crippen molar-refractivity contribution in [1.82, 2.24) is 15.5 Å². The highest BCUT2D eigenvalue weighted by Gasteiger charge is 2.27. The van der Waals surface area contributed by atoms with E-state index in [0.717, 1.165) is 19.1 Å². The van der Waals surface area contributed by atoms with Crippen molar-refractivity contribution in [2.24, 2.45) is 0 Å². The summed E-state index contributed by atoms with van der Waals surface area (Å²) in [5.41, 5.74) is 0. The predicted molar refractivity (Wildman–Crippen MR) is 77.8 cm³/mol. The Morgan fingerprint density at radius 2 is 2.10 bits per heavy atom. The molecule has 0 heterocycles. The average molecular weight is 285 g/mol. The molecule has 3 N–H and O–H groups in total. The Labute approximate surface area is 120 Å². The Morgan fingerprint density at radius 3 is 2.65 bits per heavy atom. The molecule has 0 aliphatic heterocycles. The molecule has 0 radical (unpaired) electrons. The number of carboxylic acid groups (broad SMARTS) is 1. The topological polar surface area (TPSA) is 81.7 Å². The predicted octanol–water partition coefficient (Wildman–Crippen LogP) is 1.41. The van der Waals surface area contributed by atoms with Crippen LogP contribution in [0.4, 0.5) is 4.79 Å². The third-order valence-corrected chi connectivity index (χ3v) is 3.56. The molecule has 6 heteroatoms. The molecular weight excluding hydrogens is 258 g/mol. The zero-order chi connectivity index (χ0) is 15.0. The number of aliphatic carboxylic acids is 1. The highest BCUT2D eigenvalue weighted by molar-refractivity contribution is 5.74. The third-order valence-electron chi connectivity index (χ3n) is 3.56. The molecule has 6 nitrogen and oxygen atoms in total. The van der Waals surface area contributed by atoms with E-state index in [1.165, 1.54) is 12.8 Å². The smallest absolute Gasteiger partial charge is 0.315 e. The summed E-state index contributed by atoms with van der Waals surface area (Å²) in [5, 5.41) is 14.2. The Balaban J connectivity index is 2.05. The van der Waals surface area contributed by atoms with Gasteiger partial charge in [-0.05, 0) is 39.2 Å². The van der Waals surface area contributed by atoms with Crippen LogP contribution in [0.2, 0.25) is 0 Å². The summed E-state index contributed by atoms with van der Waals surface area (Å²) in [6.07, 6.45) is 3.98. The second kappa shape index (κ2) is 8.79. The van der Waals surface area contributed by atoms with E-state index < -0.39 is 5.97 Å². The van der Waals surface area contributed by atoms with Crippen LogP contribution in [0.15, 0.2) is 0 Å². The lowest BCUT2D eigenvalue weighted by Gasteiger charge is -2.20. The molecule has 0 aromatic rings. The van der Waals surface area contributed by atoms with Crippen molar-refractivity contribution >= 4 is 12.0 Å². The van der Waals surface area contributed by atoms with Gasteiger partial charge >= 0.3 is 12.0 Å². The molecule has 116 valence electrons. The third kappa shape index (κ3) is 7.33. The molecule has 20 heavy (non-hydrogen) atoms. The Morgan fingerprint density at radius 1 is 1.40 bits per heavy atom. The van der Waals surface area contributed by atoms with E-state index in [9.17, 15) is 9.59 Å². The normalized spacial score (nSPS) is 15.9. The maximum atomic E-state index is 11.6. The molecule has 0 saturated heterocycles. The molecule has 1 rings (SSSR count). The van der Waals surface area contributed by atoms with Crippen LogP contribution in [0.25, 0.3) is 0 Å². The number of carbonyl (C=O) groups is 2. The minimum absolute atomic E-state index is 0.0000558. The molecule has 2 amide bonds. The summed E-state index contributed by atoms with van der Waals surface area (Å²) in [4.78, 5) is 24.4. The van der Waals surface area contributed by atoms with E-state index in [2.05, 4.69) is 22.5 Å². The SMILES string of the molecule is CCN(CCNC(=O)NC(C)CCCC(=O)O)C1CC1. The van der Waals surface area contributed by atoms with E-state index in [0.29, 0.717) is 19.4 Å². The first kappa shape index (κ1) is 16.8. The number of carbonyl (C=O) groups excluding carboxylic acids is 1. The standard InChI is InChI=1S/C14H27N3O3/c1-3-17(12-7-8-12)10-9-15-14(20)16-11(2)5-4-6-13(18)19/h11-12H,3-10H2,1-2H3,(H,18,19)(H2,15,16,20). The van der Waals surface area contributed by atoms with E-state index >= 15 is 0 Å². The molecule has 0 aromatic heterocycles. The minimum atomic E-state index is -0.790. The van der Waals surface area contributed by atoms with Crippen molar-refractivity contribution in [3.05, 3.63) is 0 Å². The first-order valence-electron chi connectivity index (χ1n) is 7.53. The number of hydrogen-bond acceptors (Lipinski definition) is 3. The Kier molecular flexibility index (Phi) is 7.36. The van der Waals surface area contributed by atoms with Crippen molar-refractivity contribution in [2.75, 3.05) is 19.6 Å². The summed E-state index contributed by atoms with van der Waals surface area (Å²) in [6.45, 7) is 6.60. The van der Waals surface area contributed by atoms with Crippen molar-refractivity contribution < 1.29 is 14.7 Å². The molecule has 0 aromatic carbocycles. The van der Waals surface area contributed by atoms with Gasteiger partial charge in [0.1, 0.15) is 0 Å². The summed E-state index contributed by atoms with van der Waals surface area (Å²) in [5.74, 6) is -0.790. The van der Waals surface area contributed by atoms with Gasteiger partial charge < -0.3 is 15.7 Å². The molecule has 1 aliphatic rings. The van der Waals surface area contributed by atoms with Gasteiger partial charge in [-0.15, -0.1) is 0 Å². The van der Waals surface area contributed by atoms with Crippen molar-refractivity contribution in [3.8, 4) is 0 Å². The number of carboxylic acids is 1. The lowest BCUT2D eigenvalue weighted by molar-refractivity contribution is -0.137. The van der Waals surface area contributed by atoms with E-state index in [1.54, 1.807) is 0 Å². The zero-order valence-electron chi connectivity index (χ0n) is 12.5. The molecule has 0 spiro atoms. The largest absolute Gasteiger partial charge is 0.481 e. The Hall–Kier alpha value is -1.30. The van der Waals surface area contributed by atoms with E-state index in [1.807, 2.05) is 6.92 Å². The van der Waals surface area contributed by atoms with Crippen LogP contribution < -0.4 is 10.6 Å². The number of amides is 2. The van der Waals surface area contributed by atoms with Crippen LogP contribution in [-0.4, -0.2) is 53.7 Å². The van der Waals surface area contributed by atoms with Crippen molar-refractivity contribution in [1.29, 1.82) is 0 Å². The molecule has 0 bridgehead atoms. The summed E-state index contributed by atoms with van der Waals surface area (Å²) >= 11 is 0.